The van der Waals surface area contributed by atoms with E-state index in [1.165, 1.54) is 6.07 Å². The quantitative estimate of drug-likeness (QED) is 0.598. The molecule has 0 radical (unpaired) electrons. The maximum Gasteiger partial charge on any atom is 0.238 e. The van der Waals surface area contributed by atoms with Crippen molar-refractivity contribution in [2.45, 2.75) is 4.90 Å². The maximum absolute atomic E-state index is 12.0. The smallest absolute Gasteiger partial charge is 0.238 e. The molecule has 0 saturated carbocycles. The number of para-hydroxylation sites is 1. The summed E-state index contributed by atoms with van der Waals surface area (Å²) < 4.78 is 29.6. The Morgan fingerprint density at radius 1 is 1.08 bits per heavy atom. The second-order valence-electron chi connectivity index (χ2n) is 5.44. The van der Waals surface area contributed by atoms with E-state index in [-0.39, 0.29) is 28.7 Å². The Balaban J connectivity index is 2.03. The monoisotopic (exact) mass is 359 g/mol. The van der Waals surface area contributed by atoms with Gasteiger partial charge in [-0.2, -0.15) is 0 Å². The molecule has 25 heavy (non-hydrogen) atoms. The number of ether oxygens (including phenoxy) is 1. The Morgan fingerprint density at radius 2 is 1.80 bits per heavy atom. The summed E-state index contributed by atoms with van der Waals surface area (Å²) in [7, 11) is -4.01. The van der Waals surface area contributed by atoms with Gasteiger partial charge < -0.3 is 4.74 Å². The van der Waals surface area contributed by atoms with Gasteiger partial charge in [0.05, 0.1) is 10.5 Å². The van der Waals surface area contributed by atoms with Crippen LogP contribution in [-0.2, 0) is 10.0 Å². The highest BCUT2D eigenvalue weighted by Gasteiger charge is 2.29. The van der Waals surface area contributed by atoms with Crippen molar-refractivity contribution in [2.24, 2.45) is 10.2 Å². The van der Waals surface area contributed by atoms with E-state index < -0.39 is 10.0 Å². The molecule has 0 amide bonds. The molecule has 128 valence electrons. The van der Waals surface area contributed by atoms with Crippen LogP contribution >= 0.6 is 0 Å². The minimum atomic E-state index is -4.01. The molecule has 4 rings (SSSR count). The third kappa shape index (κ3) is 2.52. The highest BCUT2D eigenvalue weighted by molar-refractivity contribution is 7.89. The van der Waals surface area contributed by atoms with Crippen molar-refractivity contribution in [1.82, 2.24) is 16.5 Å². The molecule has 0 atom stereocenters. The SMILES string of the molecule is NS(=O)(=O)c1cccc(-c2cccc3c2OCC3=O)c1C1=NNNN1. The number of benzene rings is 2. The molecule has 0 aliphatic carbocycles. The Bertz CT molecular complexity index is 1030. The Labute approximate surface area is 142 Å². The first-order chi connectivity index (χ1) is 12.0. The molecule has 2 aromatic rings. The minimum Gasteiger partial charge on any atom is -0.484 e. The molecule has 10 heteroatoms. The van der Waals surface area contributed by atoms with Crippen molar-refractivity contribution in [3.05, 3.63) is 47.5 Å². The van der Waals surface area contributed by atoms with Crippen molar-refractivity contribution in [1.29, 1.82) is 0 Å². The number of rotatable bonds is 3. The first-order valence-electron chi connectivity index (χ1n) is 7.26. The van der Waals surface area contributed by atoms with Crippen molar-refractivity contribution in [3.63, 3.8) is 0 Å². The molecular weight excluding hydrogens is 346 g/mol. The number of fused-ring (bicyclic) bond motifs is 1. The Kier molecular flexibility index (Phi) is 3.46. The van der Waals surface area contributed by atoms with Crippen LogP contribution in [0.25, 0.3) is 11.1 Å². The number of hydrazine groups is 2. The van der Waals surface area contributed by atoms with Gasteiger partial charge in [-0.25, -0.2) is 19.1 Å². The maximum atomic E-state index is 12.0. The predicted molar refractivity (Wildman–Crippen MR) is 89.0 cm³/mol. The largest absolute Gasteiger partial charge is 0.484 e. The van der Waals surface area contributed by atoms with Gasteiger partial charge in [0.25, 0.3) is 0 Å². The zero-order valence-corrected chi connectivity index (χ0v) is 13.6. The number of ketones is 1. The summed E-state index contributed by atoms with van der Waals surface area (Å²) in [4.78, 5) is 11.8. The predicted octanol–water partition coefficient (Wildman–Crippen LogP) is -0.150. The molecule has 2 aliphatic rings. The van der Waals surface area contributed by atoms with Crippen LogP contribution in [0.4, 0.5) is 0 Å². The Morgan fingerprint density at radius 3 is 2.52 bits per heavy atom. The van der Waals surface area contributed by atoms with Gasteiger partial charge in [-0.05, 0) is 17.7 Å². The van der Waals surface area contributed by atoms with Crippen LogP contribution in [0, 0.1) is 0 Å². The molecule has 0 fully saturated rings. The zero-order valence-electron chi connectivity index (χ0n) is 12.7. The normalized spacial score (nSPS) is 15.9. The molecule has 0 aromatic heterocycles. The standard InChI is InChI=1S/C15H13N5O4S/c16-25(22,23)12-6-2-3-8(13(12)15-17-19-20-18-15)9-4-1-5-10-11(21)7-24-14(9)10/h1-6,19-20H,7H2,(H,17,18)(H2,16,22,23). The molecule has 2 aromatic carbocycles. The number of hydrogen-bond donors (Lipinski definition) is 4. The van der Waals surface area contributed by atoms with Gasteiger partial charge in [0.15, 0.2) is 12.4 Å². The van der Waals surface area contributed by atoms with E-state index in [9.17, 15) is 13.2 Å². The molecular formula is C15H13N5O4S. The van der Waals surface area contributed by atoms with E-state index in [0.29, 0.717) is 22.4 Å². The average Bonchev–Trinajstić information content (AvgIpc) is 3.24. The number of hydrazone groups is 1. The van der Waals surface area contributed by atoms with Crippen LogP contribution in [0.1, 0.15) is 15.9 Å². The topological polar surface area (TPSA) is 135 Å². The number of amidine groups is 1. The van der Waals surface area contributed by atoms with Crippen molar-refractivity contribution in [3.8, 4) is 16.9 Å². The second-order valence-corrected chi connectivity index (χ2v) is 6.97. The van der Waals surface area contributed by atoms with E-state index in [0.717, 1.165) is 0 Å². The van der Waals surface area contributed by atoms with Crippen molar-refractivity contribution < 1.29 is 17.9 Å². The molecule has 0 spiro atoms. The van der Waals surface area contributed by atoms with Crippen LogP contribution in [0.2, 0.25) is 0 Å². The fourth-order valence-electron chi connectivity index (χ4n) is 2.89. The van der Waals surface area contributed by atoms with Crippen LogP contribution in [0.3, 0.4) is 0 Å². The molecule has 0 unspecified atom stereocenters. The van der Waals surface area contributed by atoms with Crippen LogP contribution in [0.15, 0.2) is 46.4 Å². The average molecular weight is 359 g/mol. The number of carbonyl (C=O) groups is 1. The van der Waals surface area contributed by atoms with Crippen LogP contribution in [-0.4, -0.2) is 26.6 Å². The van der Waals surface area contributed by atoms with E-state index in [1.807, 2.05) is 0 Å². The number of primary sulfonamides is 1. The van der Waals surface area contributed by atoms with Gasteiger partial charge in [0.2, 0.25) is 15.8 Å². The molecule has 5 N–H and O–H groups in total. The highest BCUT2D eigenvalue weighted by Crippen LogP contribution is 2.39. The van der Waals surface area contributed by atoms with Crippen molar-refractivity contribution in [2.75, 3.05) is 6.61 Å². The fraction of sp³-hybridized carbons (Fsp3) is 0.0667. The lowest BCUT2D eigenvalue weighted by molar-refractivity contribution is 0.0961. The third-order valence-electron chi connectivity index (χ3n) is 3.93. The minimum absolute atomic E-state index is 0.0428. The molecule has 2 heterocycles. The number of sulfonamides is 1. The second kappa shape index (κ2) is 5.55. The number of nitrogens with zero attached hydrogens (tertiary/aromatic N) is 1. The van der Waals surface area contributed by atoms with Gasteiger partial charge in [-0.3, -0.25) is 10.2 Å². The lowest BCUT2D eigenvalue weighted by atomic mass is 9.96. The molecule has 2 aliphatic heterocycles. The first kappa shape index (κ1) is 15.6. The lowest BCUT2D eigenvalue weighted by Crippen LogP contribution is -2.36. The highest BCUT2D eigenvalue weighted by atomic mass is 32.2. The summed E-state index contributed by atoms with van der Waals surface area (Å²) in [5, 5.41) is 9.36. The van der Waals surface area contributed by atoms with Gasteiger partial charge >= 0.3 is 0 Å². The third-order valence-corrected chi connectivity index (χ3v) is 4.88. The van der Waals surface area contributed by atoms with Crippen LogP contribution < -0.4 is 26.4 Å². The van der Waals surface area contributed by atoms with Gasteiger partial charge in [0, 0.05) is 11.1 Å². The summed E-state index contributed by atoms with van der Waals surface area (Å²) in [5.41, 5.74) is 9.63. The van der Waals surface area contributed by atoms with E-state index in [4.69, 9.17) is 9.88 Å². The van der Waals surface area contributed by atoms with E-state index in [1.54, 1.807) is 30.3 Å². The lowest BCUT2D eigenvalue weighted by Gasteiger charge is -2.15. The Hall–Kier alpha value is -2.95. The molecule has 9 nitrogen and oxygen atoms in total. The summed E-state index contributed by atoms with van der Waals surface area (Å²) in [6.07, 6.45) is 0. The van der Waals surface area contributed by atoms with E-state index in [2.05, 4.69) is 21.6 Å². The fourth-order valence-corrected chi connectivity index (χ4v) is 3.65. The van der Waals surface area contributed by atoms with Gasteiger partial charge in [0.1, 0.15) is 5.75 Å². The zero-order chi connectivity index (χ0) is 17.6. The molecule has 0 bridgehead atoms. The number of carbonyl (C=O) groups excluding carboxylic acids is 1. The number of hydrogen-bond acceptors (Lipinski definition) is 8. The summed E-state index contributed by atoms with van der Waals surface area (Å²) in [6.45, 7) is -0.0428. The number of nitrogens with two attached hydrogens (primary N) is 1. The number of nitrogens with one attached hydrogen (secondary N) is 3. The van der Waals surface area contributed by atoms with Crippen LogP contribution in [0.5, 0.6) is 5.75 Å². The van der Waals surface area contributed by atoms with E-state index >= 15 is 0 Å². The van der Waals surface area contributed by atoms with Gasteiger partial charge in [-0.1, -0.05) is 24.3 Å². The summed E-state index contributed by atoms with van der Waals surface area (Å²) in [5.74, 6) is 0.544. The first-order valence-corrected chi connectivity index (χ1v) is 8.81. The summed E-state index contributed by atoms with van der Waals surface area (Å²) in [6, 6.07) is 9.82. The number of Topliss-reactive ketones (excluding diaryl/α,β-unsaturated/α-hetero) is 1. The summed E-state index contributed by atoms with van der Waals surface area (Å²) >= 11 is 0. The molecule has 0 saturated heterocycles. The van der Waals surface area contributed by atoms with Gasteiger partial charge in [-0.15, -0.1) is 10.6 Å². The van der Waals surface area contributed by atoms with Crippen molar-refractivity contribution >= 4 is 21.6 Å².